The van der Waals surface area contributed by atoms with E-state index in [2.05, 4.69) is 10.0 Å². The second kappa shape index (κ2) is 6.44. The van der Waals surface area contributed by atoms with Crippen LogP contribution in [-0.2, 0) is 9.59 Å². The summed E-state index contributed by atoms with van der Waals surface area (Å²) in [5, 5.41) is 3.11. The second-order valence-electron chi connectivity index (χ2n) is 3.14. The summed E-state index contributed by atoms with van der Waals surface area (Å²) in [5.74, 6) is -0.945. The number of amides is 1. The lowest BCUT2D eigenvalue weighted by molar-refractivity contribution is -0.131. The molecule has 0 saturated carbocycles. The molecule has 7 heteroatoms. The molecule has 0 N–H and O–H groups in total. The molecule has 0 heterocycles. The normalized spacial score (nSPS) is 9.89. The van der Waals surface area contributed by atoms with Crippen LogP contribution in [0.1, 0.15) is 12.5 Å². The molecule has 0 spiro atoms. The van der Waals surface area contributed by atoms with E-state index in [0.29, 0.717) is 5.56 Å². The van der Waals surface area contributed by atoms with Gasteiger partial charge in [0.15, 0.2) is 0 Å². The van der Waals surface area contributed by atoms with E-state index in [9.17, 15) is 9.59 Å². The van der Waals surface area contributed by atoms with Gasteiger partial charge in [-0.15, -0.1) is 0 Å². The van der Waals surface area contributed by atoms with Gasteiger partial charge in [0, 0.05) is 11.8 Å². The van der Waals surface area contributed by atoms with Crippen LogP contribution in [0.2, 0.25) is 5.02 Å². The number of ether oxygens (including phenoxy) is 1. The van der Waals surface area contributed by atoms with Crippen LogP contribution in [0.15, 0.2) is 29.4 Å². The van der Waals surface area contributed by atoms with Gasteiger partial charge in [0.1, 0.15) is 5.75 Å². The molecule has 0 radical (unpaired) electrons. The fourth-order valence-corrected chi connectivity index (χ4v) is 1.33. The third-order valence-electron chi connectivity index (χ3n) is 1.77. The first-order chi connectivity index (χ1) is 8.52. The maximum atomic E-state index is 10.9. The lowest BCUT2D eigenvalue weighted by atomic mass is 10.2. The van der Waals surface area contributed by atoms with Crippen molar-refractivity contribution in [1.82, 2.24) is 0 Å². The Balaban J connectivity index is 2.87. The summed E-state index contributed by atoms with van der Waals surface area (Å²) >= 11 is 5.87. The Bertz CT molecular complexity index is 563. The summed E-state index contributed by atoms with van der Waals surface area (Å²) in [6, 6.07) is 4.62. The highest BCUT2D eigenvalue weighted by Crippen LogP contribution is 2.26. The Hall–Kier alpha value is -2.30. The third-order valence-corrected chi connectivity index (χ3v) is 2.07. The van der Waals surface area contributed by atoms with Crippen LogP contribution in [0.4, 0.5) is 0 Å². The lowest BCUT2D eigenvalue weighted by Gasteiger charge is -2.04. The van der Waals surface area contributed by atoms with Crippen molar-refractivity contribution < 1.29 is 14.3 Å². The molecule has 18 heavy (non-hydrogen) atoms. The Morgan fingerprint density at radius 1 is 1.50 bits per heavy atom. The number of esters is 1. The van der Waals surface area contributed by atoms with Crippen LogP contribution in [0, 0.1) is 0 Å². The molecule has 0 fully saturated rings. The molecule has 1 amide bonds. The zero-order valence-electron chi connectivity index (χ0n) is 9.33. The van der Waals surface area contributed by atoms with Crippen molar-refractivity contribution in [2.45, 2.75) is 6.92 Å². The highest BCUT2D eigenvalue weighted by Gasteiger charge is 2.04. The average Bonchev–Trinajstić information content (AvgIpc) is 2.29. The maximum absolute atomic E-state index is 10.9. The van der Waals surface area contributed by atoms with E-state index in [1.54, 1.807) is 6.07 Å². The van der Waals surface area contributed by atoms with Gasteiger partial charge in [-0.25, -0.2) is 0 Å². The summed E-state index contributed by atoms with van der Waals surface area (Å²) in [5.41, 5.74) is 8.64. The van der Waals surface area contributed by atoms with Crippen LogP contribution < -0.4 is 4.74 Å². The molecule has 0 aliphatic heterocycles. The van der Waals surface area contributed by atoms with E-state index < -0.39 is 11.9 Å². The first-order valence-electron chi connectivity index (χ1n) is 4.78. The van der Waals surface area contributed by atoms with Crippen LogP contribution in [0.3, 0.4) is 0 Å². The number of halogens is 1. The molecule has 92 valence electrons. The van der Waals surface area contributed by atoms with Crippen LogP contribution in [0.25, 0.3) is 16.5 Å². The van der Waals surface area contributed by atoms with E-state index in [-0.39, 0.29) is 10.8 Å². The molecule has 6 nitrogen and oxygen atoms in total. The fraction of sp³-hybridized carbons (Fsp3) is 0.0909. The Morgan fingerprint density at radius 2 is 2.22 bits per heavy atom. The van der Waals surface area contributed by atoms with Gasteiger partial charge in [0.05, 0.1) is 5.02 Å². The predicted octanol–water partition coefficient (Wildman–Crippen LogP) is 3.12. The number of benzene rings is 1. The number of rotatable bonds is 3. The summed E-state index contributed by atoms with van der Waals surface area (Å²) in [6.45, 7) is 1.27. The summed E-state index contributed by atoms with van der Waals surface area (Å²) in [6.07, 6.45) is 2.54. The largest absolute Gasteiger partial charge is 0.425 e. The number of nitrogens with zero attached hydrogens (tertiary/aromatic N) is 3. The van der Waals surface area contributed by atoms with Gasteiger partial charge in [-0.2, -0.15) is 0 Å². The highest BCUT2D eigenvalue weighted by molar-refractivity contribution is 6.32. The van der Waals surface area contributed by atoms with Crippen LogP contribution in [0.5, 0.6) is 5.75 Å². The highest BCUT2D eigenvalue weighted by atomic mass is 35.5. The SMILES string of the molecule is CC(=O)Oc1ccc(C=CC(=O)N=[N+]=[N-])cc1Cl. The van der Waals surface area contributed by atoms with Gasteiger partial charge < -0.3 is 4.74 Å². The third kappa shape index (κ3) is 4.29. The molecular weight excluding hydrogens is 258 g/mol. The molecule has 0 aliphatic rings. The van der Waals surface area contributed by atoms with E-state index in [1.165, 1.54) is 25.1 Å². The molecule has 1 aromatic rings. The number of carbonyl (C=O) groups excluding carboxylic acids is 2. The lowest BCUT2D eigenvalue weighted by Crippen LogP contribution is -2.01. The Morgan fingerprint density at radius 3 is 2.78 bits per heavy atom. The average molecular weight is 266 g/mol. The first-order valence-corrected chi connectivity index (χ1v) is 5.16. The standard InChI is InChI=1S/C11H8ClN3O3/c1-7(16)18-10-4-2-8(6-9(10)12)3-5-11(17)14-15-13/h2-6H,1H3. The fourth-order valence-electron chi connectivity index (χ4n) is 1.10. The Kier molecular flexibility index (Phi) is 4.92. The van der Waals surface area contributed by atoms with Crippen molar-refractivity contribution in [2.75, 3.05) is 0 Å². The summed E-state index contributed by atoms with van der Waals surface area (Å²) < 4.78 is 4.84. The number of carbonyl (C=O) groups is 2. The quantitative estimate of drug-likeness (QED) is 0.210. The Labute approximate surface area is 107 Å². The van der Waals surface area contributed by atoms with Crippen LogP contribution >= 0.6 is 11.6 Å². The van der Waals surface area contributed by atoms with Crippen molar-refractivity contribution in [3.63, 3.8) is 0 Å². The van der Waals surface area contributed by atoms with Crippen molar-refractivity contribution in [3.05, 3.63) is 45.3 Å². The molecule has 0 aromatic heterocycles. The van der Waals surface area contributed by atoms with Crippen LogP contribution in [-0.4, -0.2) is 11.9 Å². The summed E-state index contributed by atoms with van der Waals surface area (Å²) in [4.78, 5) is 24.0. The zero-order valence-corrected chi connectivity index (χ0v) is 10.1. The minimum atomic E-state index is -0.710. The second-order valence-corrected chi connectivity index (χ2v) is 3.55. The van der Waals surface area contributed by atoms with E-state index in [1.807, 2.05) is 0 Å². The number of hydrogen-bond donors (Lipinski definition) is 0. The number of azide groups is 1. The smallest absolute Gasteiger partial charge is 0.308 e. The van der Waals surface area contributed by atoms with Crippen molar-refractivity contribution in [3.8, 4) is 5.75 Å². The van der Waals surface area contributed by atoms with Gasteiger partial charge in [-0.05, 0) is 34.4 Å². The van der Waals surface area contributed by atoms with Gasteiger partial charge >= 0.3 is 5.97 Å². The molecule has 0 unspecified atom stereocenters. The van der Waals surface area contributed by atoms with Crippen molar-refractivity contribution in [1.29, 1.82) is 0 Å². The minimum absolute atomic E-state index is 0.239. The van der Waals surface area contributed by atoms with Crippen molar-refractivity contribution in [2.24, 2.45) is 5.11 Å². The molecule has 1 aromatic carbocycles. The molecule has 0 saturated heterocycles. The van der Waals surface area contributed by atoms with E-state index >= 15 is 0 Å². The van der Waals surface area contributed by atoms with E-state index in [4.69, 9.17) is 21.9 Å². The molecule has 0 aliphatic carbocycles. The molecule has 1 rings (SSSR count). The first kappa shape index (κ1) is 13.8. The summed E-state index contributed by atoms with van der Waals surface area (Å²) in [7, 11) is 0. The number of hydrogen-bond acceptors (Lipinski definition) is 3. The van der Waals surface area contributed by atoms with Gasteiger partial charge in [-0.1, -0.05) is 23.7 Å². The van der Waals surface area contributed by atoms with Gasteiger partial charge in [0.2, 0.25) is 5.91 Å². The van der Waals surface area contributed by atoms with Crippen molar-refractivity contribution >= 4 is 29.6 Å². The monoisotopic (exact) mass is 265 g/mol. The molecule has 0 bridgehead atoms. The predicted molar refractivity (Wildman–Crippen MR) is 65.9 cm³/mol. The van der Waals surface area contributed by atoms with Gasteiger partial charge in [0.25, 0.3) is 0 Å². The minimum Gasteiger partial charge on any atom is -0.425 e. The topological polar surface area (TPSA) is 92.1 Å². The van der Waals surface area contributed by atoms with E-state index in [0.717, 1.165) is 6.08 Å². The molecular formula is C11H8ClN3O3. The zero-order chi connectivity index (χ0) is 13.5. The van der Waals surface area contributed by atoms with Gasteiger partial charge in [-0.3, -0.25) is 9.59 Å². The molecule has 0 atom stereocenters. The maximum Gasteiger partial charge on any atom is 0.308 e.